The molecule has 0 aliphatic carbocycles. The number of hydrogen-bond acceptors (Lipinski definition) is 0. The molecule has 0 spiro atoms. The zero-order valence-electron chi connectivity index (χ0n) is 6.39. The first-order chi connectivity index (χ1) is 3.39. The second-order valence-corrected chi connectivity index (χ2v) is 1.08. The normalized spacial score (nSPS) is 8.86. The fourth-order valence-electron chi connectivity index (χ4n) is 0.342. The molecule has 1 aromatic carbocycles. The van der Waals surface area contributed by atoms with E-state index >= 15 is 0 Å². The molecule has 32 valence electrons. The van der Waals surface area contributed by atoms with E-state index in [1.807, 2.05) is 18.2 Å². The molecule has 0 amide bonds. The molecule has 7 heavy (non-hydrogen) atoms. The van der Waals surface area contributed by atoms with Crippen LogP contribution < -0.4 is 18.9 Å². The summed E-state index contributed by atoms with van der Waals surface area (Å²) >= 11 is 0. The molecule has 0 unspecified atom stereocenters. The first-order valence-corrected chi connectivity index (χ1v) is 1.91. The van der Waals surface area contributed by atoms with Gasteiger partial charge >= 0.3 is 18.9 Å². The van der Waals surface area contributed by atoms with Crippen LogP contribution in [-0.2, 0) is 0 Å². The summed E-state index contributed by atoms with van der Waals surface area (Å²) < 4.78 is 7.00. The van der Waals surface area contributed by atoms with Crippen molar-refractivity contribution in [2.24, 2.45) is 0 Å². The minimum Gasteiger partial charge on any atom is -1.00 e. The van der Waals surface area contributed by atoms with Crippen LogP contribution in [0, 0.1) is 0 Å². The summed E-state index contributed by atoms with van der Waals surface area (Å²) in [5.41, 5.74) is 0. The third-order valence-electron chi connectivity index (χ3n) is 0.607. The Labute approximate surface area is 58.6 Å². The van der Waals surface area contributed by atoms with Crippen molar-refractivity contribution in [1.82, 2.24) is 0 Å². The Bertz CT molecular complexity index is 141. The molecular weight excluding hydrogens is 79.0 g/mol. The second kappa shape index (κ2) is 3.99. The van der Waals surface area contributed by atoms with E-state index in [4.69, 9.17) is 1.37 Å². The Morgan fingerprint density at radius 2 is 1.43 bits per heavy atom. The largest absolute Gasteiger partial charge is 1.00 e. The van der Waals surface area contributed by atoms with Gasteiger partial charge in [0.25, 0.3) is 0 Å². The van der Waals surface area contributed by atoms with Gasteiger partial charge in [0, 0.05) is 0 Å². The molecule has 1 heteroatoms. The van der Waals surface area contributed by atoms with Gasteiger partial charge in [0.05, 0.1) is 1.37 Å². The molecule has 0 N–H and O–H groups in total. The standard InChI is InChI=1S/C6H6.Li.H/c1-2-4-6-5-3-1;;/h1-6H;;/q;+1;-1/i1T;;. The molecule has 0 saturated heterocycles. The predicted octanol–water partition coefficient (Wildman–Crippen LogP) is -1.20. The van der Waals surface area contributed by atoms with Crippen molar-refractivity contribution in [3.05, 3.63) is 36.4 Å². The van der Waals surface area contributed by atoms with Crippen LogP contribution in [-0.4, -0.2) is 0 Å². The summed E-state index contributed by atoms with van der Waals surface area (Å²) in [5, 5.41) is 0. The van der Waals surface area contributed by atoms with Crippen LogP contribution in [0.2, 0.25) is 0 Å². The van der Waals surface area contributed by atoms with E-state index in [9.17, 15) is 0 Å². The van der Waals surface area contributed by atoms with Gasteiger partial charge in [-0.1, -0.05) is 36.4 Å². The topological polar surface area (TPSA) is 0 Å². The maximum absolute atomic E-state index is 7.00. The van der Waals surface area contributed by atoms with Crippen LogP contribution in [0.1, 0.15) is 2.80 Å². The van der Waals surface area contributed by atoms with Gasteiger partial charge in [-0.15, -0.1) is 0 Å². The molecule has 0 aliphatic rings. The third kappa shape index (κ3) is 2.50. The van der Waals surface area contributed by atoms with Crippen molar-refractivity contribution in [3.8, 4) is 0 Å². The Morgan fingerprint density at radius 1 is 1.00 bits per heavy atom. The molecule has 0 aliphatic heterocycles. The van der Waals surface area contributed by atoms with Gasteiger partial charge in [0.15, 0.2) is 0 Å². The smallest absolute Gasteiger partial charge is 1.00 e. The van der Waals surface area contributed by atoms with Crippen LogP contribution in [0.5, 0.6) is 0 Å². The van der Waals surface area contributed by atoms with Crippen LogP contribution in [0.4, 0.5) is 0 Å². The van der Waals surface area contributed by atoms with E-state index in [1.54, 1.807) is 12.1 Å². The molecule has 0 saturated carbocycles. The molecule has 0 radical (unpaired) electrons. The first kappa shape index (κ1) is 4.96. The van der Waals surface area contributed by atoms with E-state index in [0.29, 0.717) is 6.04 Å². The Hall–Kier alpha value is -0.183. The van der Waals surface area contributed by atoms with Crippen molar-refractivity contribution >= 4 is 0 Å². The predicted molar refractivity (Wildman–Crippen MR) is 27.6 cm³/mol. The summed E-state index contributed by atoms with van der Waals surface area (Å²) in [7, 11) is 0. The van der Waals surface area contributed by atoms with E-state index < -0.39 is 0 Å². The van der Waals surface area contributed by atoms with Gasteiger partial charge in [0.2, 0.25) is 0 Å². The van der Waals surface area contributed by atoms with Crippen LogP contribution >= 0.6 is 0 Å². The number of hydrogen-bond donors (Lipinski definition) is 0. The summed E-state index contributed by atoms with van der Waals surface area (Å²) in [6.45, 7) is 0. The molecule has 0 atom stereocenters. The molecule has 0 bridgehead atoms. The van der Waals surface area contributed by atoms with Gasteiger partial charge in [-0.3, -0.25) is 0 Å². The summed E-state index contributed by atoms with van der Waals surface area (Å²) in [6, 6.07) is 9.67. The quantitative estimate of drug-likeness (QED) is 0.349. The number of benzene rings is 1. The average molecular weight is 88.1 g/mol. The fourth-order valence-corrected chi connectivity index (χ4v) is 0.342. The second-order valence-electron chi connectivity index (χ2n) is 1.08. The average Bonchev–Trinajstić information content (AvgIpc) is 1.69. The fraction of sp³-hybridized carbons (Fsp3) is 0. The van der Waals surface area contributed by atoms with Crippen molar-refractivity contribution in [2.45, 2.75) is 0 Å². The Balaban J connectivity index is 0. The van der Waals surface area contributed by atoms with E-state index in [2.05, 4.69) is 0 Å². The Kier molecular flexibility index (Phi) is 2.83. The first-order valence-electron chi connectivity index (χ1n) is 2.41. The molecule has 0 aromatic heterocycles. The molecule has 0 fully saturated rings. The SMILES string of the molecule is [3H]c1ccccc1.[H-].[Li+]. The van der Waals surface area contributed by atoms with E-state index in [-0.39, 0.29) is 20.3 Å². The minimum atomic E-state index is 0. The van der Waals surface area contributed by atoms with Gasteiger partial charge in [0.1, 0.15) is 0 Å². The van der Waals surface area contributed by atoms with Crippen LogP contribution in [0.25, 0.3) is 0 Å². The van der Waals surface area contributed by atoms with Crippen molar-refractivity contribution in [2.75, 3.05) is 0 Å². The Morgan fingerprint density at radius 3 is 1.71 bits per heavy atom. The minimum absolute atomic E-state index is 0. The third-order valence-corrected chi connectivity index (χ3v) is 0.607. The zero-order valence-corrected chi connectivity index (χ0v) is 4.39. The maximum Gasteiger partial charge on any atom is 1.00 e. The molecule has 1 rings (SSSR count). The molecule has 1 aromatic rings. The van der Waals surface area contributed by atoms with Gasteiger partial charge < -0.3 is 1.43 Å². The summed E-state index contributed by atoms with van der Waals surface area (Å²) in [6.07, 6.45) is 0. The molecular formula is C6H7Li. The van der Waals surface area contributed by atoms with Gasteiger partial charge in [-0.25, -0.2) is 0 Å². The van der Waals surface area contributed by atoms with Crippen molar-refractivity contribution in [1.29, 1.82) is 0 Å². The molecule has 0 heterocycles. The van der Waals surface area contributed by atoms with E-state index in [1.165, 1.54) is 0 Å². The molecule has 0 nitrogen and oxygen atoms in total. The summed E-state index contributed by atoms with van der Waals surface area (Å²) in [5.74, 6) is 0. The zero-order chi connectivity index (χ0) is 5.11. The van der Waals surface area contributed by atoms with E-state index in [0.717, 1.165) is 0 Å². The number of rotatable bonds is 0. The van der Waals surface area contributed by atoms with Crippen molar-refractivity contribution in [3.63, 3.8) is 0 Å². The monoisotopic (exact) mass is 88.1 g/mol. The van der Waals surface area contributed by atoms with Gasteiger partial charge in [-0.2, -0.15) is 0 Å². The van der Waals surface area contributed by atoms with Gasteiger partial charge in [-0.05, 0) is 0 Å². The van der Waals surface area contributed by atoms with Crippen molar-refractivity contribution < 1.29 is 21.7 Å². The van der Waals surface area contributed by atoms with Crippen LogP contribution in [0.3, 0.4) is 0 Å². The maximum atomic E-state index is 7.00. The van der Waals surface area contributed by atoms with Crippen LogP contribution in [0.15, 0.2) is 36.4 Å². The summed E-state index contributed by atoms with van der Waals surface area (Å²) in [4.78, 5) is 0.